The van der Waals surface area contributed by atoms with Gasteiger partial charge in [0.25, 0.3) is 0 Å². The van der Waals surface area contributed by atoms with E-state index in [1.54, 1.807) is 0 Å². The number of rotatable bonds is 8. The molecule has 45 heavy (non-hydrogen) atoms. The summed E-state index contributed by atoms with van der Waals surface area (Å²) in [5, 5.41) is 36.7. The van der Waals surface area contributed by atoms with Crippen molar-refractivity contribution in [3.05, 3.63) is 101 Å². The molecule has 10 nitrogen and oxygen atoms in total. The van der Waals surface area contributed by atoms with Crippen molar-refractivity contribution < 1.29 is 5.11 Å². The molecule has 2 aromatic carbocycles. The summed E-state index contributed by atoms with van der Waals surface area (Å²) in [5.41, 5.74) is 9.20. The fourth-order valence-electron chi connectivity index (χ4n) is 7.00. The molecule has 0 amide bonds. The van der Waals surface area contributed by atoms with E-state index in [0.717, 1.165) is 82.0 Å². The van der Waals surface area contributed by atoms with Gasteiger partial charge in [0, 0.05) is 45.9 Å². The van der Waals surface area contributed by atoms with Crippen LogP contribution in [0.1, 0.15) is 97.4 Å². The van der Waals surface area contributed by atoms with Crippen LogP contribution in [0.5, 0.6) is 0 Å². The van der Waals surface area contributed by atoms with Gasteiger partial charge >= 0.3 is 0 Å². The molecule has 1 aliphatic carbocycles. The number of aliphatic hydroxyl groups is 1. The highest BCUT2D eigenvalue weighted by molar-refractivity contribution is 5.94. The molecule has 0 spiro atoms. The fourth-order valence-corrected chi connectivity index (χ4v) is 7.00. The molecule has 7 rings (SSSR count). The molecule has 6 aromatic rings. The lowest BCUT2D eigenvalue weighted by Gasteiger charge is -2.26. The van der Waals surface area contributed by atoms with Gasteiger partial charge in [-0.1, -0.05) is 61.5 Å². The molecule has 0 radical (unpaired) electrons. The Morgan fingerprint density at radius 3 is 2.40 bits per heavy atom. The van der Waals surface area contributed by atoms with E-state index in [1.165, 1.54) is 5.56 Å². The third kappa shape index (κ3) is 5.55. The molecule has 2 N–H and O–H groups in total. The Balaban J connectivity index is 1.19. The molecule has 0 aliphatic heterocycles. The van der Waals surface area contributed by atoms with Crippen molar-refractivity contribution in [1.82, 2.24) is 45.2 Å². The van der Waals surface area contributed by atoms with E-state index in [2.05, 4.69) is 71.2 Å². The van der Waals surface area contributed by atoms with Gasteiger partial charge in [-0.2, -0.15) is 15.4 Å². The molecule has 1 atom stereocenters. The number of aromatic nitrogens is 9. The molecule has 10 heteroatoms. The number of fused-ring (bicyclic) bond motifs is 1. The Morgan fingerprint density at radius 1 is 0.911 bits per heavy atom. The molecular formula is C35H39N9O. The van der Waals surface area contributed by atoms with Crippen molar-refractivity contribution in [3.63, 3.8) is 0 Å². The molecule has 0 saturated heterocycles. The fraction of sp³-hybridized carbons (Fsp3) is 0.371. The number of benzene rings is 2. The number of hydrogen-bond donors (Lipinski definition) is 2. The van der Waals surface area contributed by atoms with Crippen molar-refractivity contribution in [1.29, 1.82) is 0 Å². The van der Waals surface area contributed by atoms with Gasteiger partial charge in [0.15, 0.2) is 5.82 Å². The normalized spacial score (nSPS) is 17.7. The number of hydrogen-bond acceptors (Lipinski definition) is 7. The smallest absolute Gasteiger partial charge is 0.177 e. The SMILES string of the molecule is Cc1nc(C2CCC(c3nn[nH]n3)CC2)ccc1-n1nc(-c2cccc3nn(CC(O)c4ccccc4)cc23)c(C(C)C)c1C. The molecule has 4 aromatic heterocycles. The molecular weight excluding hydrogens is 562 g/mol. The molecule has 1 fully saturated rings. The van der Waals surface area contributed by atoms with Crippen LogP contribution < -0.4 is 0 Å². The first-order chi connectivity index (χ1) is 21.9. The van der Waals surface area contributed by atoms with Gasteiger partial charge in [0.05, 0.1) is 35.2 Å². The highest BCUT2D eigenvalue weighted by atomic mass is 16.3. The first-order valence-corrected chi connectivity index (χ1v) is 15.9. The summed E-state index contributed by atoms with van der Waals surface area (Å²) in [4.78, 5) is 5.12. The van der Waals surface area contributed by atoms with Crippen LogP contribution >= 0.6 is 0 Å². The summed E-state index contributed by atoms with van der Waals surface area (Å²) in [6.07, 6.45) is 5.60. The van der Waals surface area contributed by atoms with Crippen molar-refractivity contribution >= 4 is 10.9 Å². The highest BCUT2D eigenvalue weighted by Crippen LogP contribution is 2.40. The summed E-state index contributed by atoms with van der Waals surface area (Å²) in [5.74, 6) is 1.88. The second-order valence-corrected chi connectivity index (χ2v) is 12.6. The number of nitrogens with zero attached hydrogens (tertiary/aromatic N) is 8. The minimum Gasteiger partial charge on any atom is -0.386 e. The number of pyridine rings is 1. The van der Waals surface area contributed by atoms with Crippen LogP contribution in [0.15, 0.2) is 66.9 Å². The van der Waals surface area contributed by atoms with Gasteiger partial charge in [-0.05, 0) is 69.2 Å². The van der Waals surface area contributed by atoms with Crippen LogP contribution in [0.2, 0.25) is 0 Å². The minimum atomic E-state index is -0.643. The number of aromatic amines is 1. The second-order valence-electron chi connectivity index (χ2n) is 12.6. The maximum atomic E-state index is 10.9. The Bertz CT molecular complexity index is 1920. The van der Waals surface area contributed by atoms with E-state index in [9.17, 15) is 5.11 Å². The molecule has 1 unspecified atom stereocenters. The number of nitrogens with one attached hydrogen (secondary N) is 1. The van der Waals surface area contributed by atoms with E-state index in [0.29, 0.717) is 18.4 Å². The maximum Gasteiger partial charge on any atom is 0.177 e. The second kappa shape index (κ2) is 12.0. The average Bonchev–Trinajstić information content (AvgIpc) is 3.80. The van der Waals surface area contributed by atoms with Gasteiger partial charge in [-0.25, -0.2) is 4.68 Å². The Hall–Kier alpha value is -4.70. The third-order valence-corrected chi connectivity index (χ3v) is 9.32. The summed E-state index contributed by atoms with van der Waals surface area (Å²) >= 11 is 0. The summed E-state index contributed by atoms with van der Waals surface area (Å²) < 4.78 is 3.90. The largest absolute Gasteiger partial charge is 0.386 e. The monoisotopic (exact) mass is 601 g/mol. The molecule has 1 saturated carbocycles. The van der Waals surface area contributed by atoms with Crippen LogP contribution in [-0.4, -0.2) is 50.3 Å². The predicted octanol–water partition coefficient (Wildman–Crippen LogP) is 6.71. The standard InChI is InChI=1S/C35H39N9O/c1-21(2)33-23(4)44(31-18-17-29(36-22(31)3)24-13-15-26(16-14-24)35-37-41-42-38-35)40-34(33)27-11-8-12-30-28(27)19-43(39-30)20-32(45)25-9-6-5-7-10-25/h5-12,17-19,21,24,26,32,45H,13-16,20H2,1-4H3,(H,37,38,41,42). The molecule has 230 valence electrons. The van der Waals surface area contributed by atoms with Crippen LogP contribution in [0.4, 0.5) is 0 Å². The third-order valence-electron chi connectivity index (χ3n) is 9.32. The number of aryl methyl sites for hydroxylation is 1. The number of tetrazole rings is 1. The Morgan fingerprint density at radius 2 is 1.69 bits per heavy atom. The first kappa shape index (κ1) is 29.0. The van der Waals surface area contributed by atoms with Gasteiger partial charge in [-0.3, -0.25) is 9.67 Å². The van der Waals surface area contributed by atoms with Crippen molar-refractivity contribution in [2.75, 3.05) is 0 Å². The molecule has 1 aliphatic rings. The topological polar surface area (TPSA) is 123 Å². The lowest BCUT2D eigenvalue weighted by Crippen LogP contribution is -2.15. The average molecular weight is 602 g/mol. The molecule has 0 bridgehead atoms. The maximum absolute atomic E-state index is 10.9. The van der Waals surface area contributed by atoms with Crippen LogP contribution in [-0.2, 0) is 6.54 Å². The van der Waals surface area contributed by atoms with E-state index in [1.807, 2.05) is 53.3 Å². The van der Waals surface area contributed by atoms with Gasteiger partial charge < -0.3 is 5.11 Å². The Labute approximate surface area is 262 Å². The van der Waals surface area contributed by atoms with E-state index >= 15 is 0 Å². The van der Waals surface area contributed by atoms with Gasteiger partial charge in [0.1, 0.15) is 0 Å². The zero-order chi connectivity index (χ0) is 31.1. The van der Waals surface area contributed by atoms with Crippen LogP contribution in [0, 0.1) is 13.8 Å². The summed E-state index contributed by atoms with van der Waals surface area (Å²) in [7, 11) is 0. The minimum absolute atomic E-state index is 0.265. The quantitative estimate of drug-likeness (QED) is 0.199. The summed E-state index contributed by atoms with van der Waals surface area (Å²) in [6, 6.07) is 20.3. The van der Waals surface area contributed by atoms with E-state index in [4.69, 9.17) is 15.2 Å². The molecule has 4 heterocycles. The Kier molecular flexibility index (Phi) is 7.75. The zero-order valence-corrected chi connectivity index (χ0v) is 26.2. The van der Waals surface area contributed by atoms with E-state index < -0.39 is 6.10 Å². The van der Waals surface area contributed by atoms with Crippen LogP contribution in [0.3, 0.4) is 0 Å². The predicted molar refractivity (Wildman–Crippen MR) is 173 cm³/mol. The van der Waals surface area contributed by atoms with Gasteiger partial charge in [0.2, 0.25) is 0 Å². The van der Waals surface area contributed by atoms with Crippen molar-refractivity contribution in [2.24, 2.45) is 0 Å². The lowest BCUT2D eigenvalue weighted by molar-refractivity contribution is 0.152. The van der Waals surface area contributed by atoms with Gasteiger partial charge in [-0.15, -0.1) is 10.2 Å². The highest BCUT2D eigenvalue weighted by Gasteiger charge is 2.28. The zero-order valence-electron chi connectivity index (χ0n) is 26.2. The van der Waals surface area contributed by atoms with E-state index in [-0.39, 0.29) is 5.92 Å². The lowest BCUT2D eigenvalue weighted by atomic mass is 9.80. The van der Waals surface area contributed by atoms with Crippen molar-refractivity contribution in [3.8, 4) is 16.9 Å². The van der Waals surface area contributed by atoms with Crippen LogP contribution in [0.25, 0.3) is 27.8 Å². The first-order valence-electron chi connectivity index (χ1n) is 15.9. The number of H-pyrrole nitrogens is 1. The van der Waals surface area contributed by atoms with Crippen molar-refractivity contribution in [2.45, 2.75) is 83.8 Å². The number of aliphatic hydroxyl groups excluding tert-OH is 1. The summed E-state index contributed by atoms with van der Waals surface area (Å²) in [6.45, 7) is 9.05.